The van der Waals surface area contributed by atoms with Crippen LogP contribution in [0.3, 0.4) is 0 Å². The number of rotatable bonds is 2. The van der Waals surface area contributed by atoms with Crippen molar-refractivity contribution in [3.8, 4) is 0 Å². The van der Waals surface area contributed by atoms with Crippen molar-refractivity contribution in [2.24, 2.45) is 0 Å². The van der Waals surface area contributed by atoms with Gasteiger partial charge in [0.15, 0.2) is 0 Å². The molecule has 16 heavy (non-hydrogen) atoms. The van der Waals surface area contributed by atoms with E-state index in [0.717, 1.165) is 0 Å². The molecular weight excluding hydrogens is 244 g/mol. The van der Waals surface area contributed by atoms with Gasteiger partial charge in [0.2, 0.25) is 0 Å². The van der Waals surface area contributed by atoms with Gasteiger partial charge >= 0.3 is 18.4 Å². The Hall–Kier alpha value is -1.15. The quantitative estimate of drug-likeness (QED) is 0.768. The number of carbonyl (C=O) groups excluding carboxylic acids is 1. The molecule has 0 aliphatic heterocycles. The number of alkyl carbamates (subject to hydrolysis) is 1. The van der Waals surface area contributed by atoms with Gasteiger partial charge in [-0.3, -0.25) is 0 Å². The summed E-state index contributed by atoms with van der Waals surface area (Å²) in [5, 5.41) is 1.76. The SMILES string of the molecule is CC(C)NC(=O)OC(C(F)(F)F)C(F)(F)F. The first kappa shape index (κ1) is 14.8. The zero-order chi connectivity index (χ0) is 13.1. The summed E-state index contributed by atoms with van der Waals surface area (Å²) in [7, 11) is 0. The lowest BCUT2D eigenvalue weighted by Crippen LogP contribution is -2.48. The largest absolute Gasteiger partial charge is 0.434 e. The van der Waals surface area contributed by atoms with Crippen molar-refractivity contribution < 1.29 is 35.9 Å². The molecular formula is C7H9F6NO2. The smallest absolute Gasteiger partial charge is 0.427 e. The van der Waals surface area contributed by atoms with E-state index in [1.807, 2.05) is 0 Å². The van der Waals surface area contributed by atoms with E-state index in [1.54, 1.807) is 5.32 Å². The van der Waals surface area contributed by atoms with E-state index in [2.05, 4.69) is 4.74 Å². The number of nitrogens with one attached hydrogen (secondary N) is 1. The first-order chi connectivity index (χ1) is 6.94. The highest BCUT2D eigenvalue weighted by Crippen LogP contribution is 2.35. The minimum Gasteiger partial charge on any atom is -0.427 e. The molecule has 0 aromatic heterocycles. The molecule has 0 rings (SSSR count). The van der Waals surface area contributed by atoms with Crippen LogP contribution in [0, 0.1) is 0 Å². The lowest BCUT2D eigenvalue weighted by molar-refractivity contribution is -0.307. The maximum atomic E-state index is 11.9. The third-order valence-electron chi connectivity index (χ3n) is 1.23. The molecule has 0 aromatic carbocycles. The number of hydrogen-bond donors (Lipinski definition) is 1. The highest BCUT2D eigenvalue weighted by atomic mass is 19.4. The second-order valence-corrected chi connectivity index (χ2v) is 3.17. The molecule has 3 nitrogen and oxygen atoms in total. The van der Waals surface area contributed by atoms with Crippen LogP contribution < -0.4 is 5.32 Å². The van der Waals surface area contributed by atoms with Gasteiger partial charge in [-0.15, -0.1) is 0 Å². The Morgan fingerprint density at radius 1 is 1.06 bits per heavy atom. The topological polar surface area (TPSA) is 38.3 Å². The monoisotopic (exact) mass is 253 g/mol. The summed E-state index contributed by atoms with van der Waals surface area (Å²) in [4.78, 5) is 10.6. The fraction of sp³-hybridized carbons (Fsp3) is 0.857. The van der Waals surface area contributed by atoms with Gasteiger partial charge in [-0.05, 0) is 13.8 Å². The number of ether oxygens (including phenoxy) is 1. The van der Waals surface area contributed by atoms with Gasteiger partial charge in [0, 0.05) is 6.04 Å². The van der Waals surface area contributed by atoms with Crippen LogP contribution in [0.25, 0.3) is 0 Å². The number of alkyl halides is 6. The average Bonchev–Trinajstić information content (AvgIpc) is 1.94. The minimum absolute atomic E-state index is 0.630. The molecule has 0 saturated carbocycles. The second-order valence-electron chi connectivity index (χ2n) is 3.17. The highest BCUT2D eigenvalue weighted by Gasteiger charge is 2.59. The molecule has 0 aliphatic rings. The Balaban J connectivity index is 4.65. The molecule has 96 valence electrons. The fourth-order valence-electron chi connectivity index (χ4n) is 0.696. The normalized spacial score (nSPS) is 13.1. The van der Waals surface area contributed by atoms with E-state index < -0.39 is 30.6 Å². The van der Waals surface area contributed by atoms with Crippen LogP contribution >= 0.6 is 0 Å². The zero-order valence-electron chi connectivity index (χ0n) is 8.24. The fourth-order valence-corrected chi connectivity index (χ4v) is 0.696. The predicted octanol–water partition coefficient (Wildman–Crippen LogP) is 2.61. The first-order valence-electron chi connectivity index (χ1n) is 4.05. The van der Waals surface area contributed by atoms with Gasteiger partial charge in [0.1, 0.15) is 0 Å². The molecule has 0 aliphatic carbocycles. The van der Waals surface area contributed by atoms with Crippen LogP contribution in [-0.2, 0) is 4.74 Å². The summed E-state index contributed by atoms with van der Waals surface area (Å²) in [6.45, 7) is 2.72. The number of carbonyl (C=O) groups is 1. The van der Waals surface area contributed by atoms with Crippen LogP contribution in [0.15, 0.2) is 0 Å². The molecule has 0 heterocycles. The van der Waals surface area contributed by atoms with Crippen LogP contribution in [0.4, 0.5) is 31.1 Å². The van der Waals surface area contributed by atoms with Crippen LogP contribution in [0.5, 0.6) is 0 Å². The van der Waals surface area contributed by atoms with E-state index in [-0.39, 0.29) is 0 Å². The Morgan fingerprint density at radius 3 is 1.69 bits per heavy atom. The van der Waals surface area contributed by atoms with Gasteiger partial charge in [-0.1, -0.05) is 0 Å². The molecule has 0 bridgehead atoms. The second kappa shape index (κ2) is 4.79. The molecule has 9 heteroatoms. The molecule has 0 aromatic rings. The molecule has 0 spiro atoms. The number of halogens is 6. The van der Waals surface area contributed by atoms with Gasteiger partial charge in [0.05, 0.1) is 0 Å². The van der Waals surface area contributed by atoms with Crippen LogP contribution in [0.1, 0.15) is 13.8 Å². The zero-order valence-corrected chi connectivity index (χ0v) is 8.24. The molecule has 0 unspecified atom stereocenters. The van der Waals surface area contributed by atoms with Crippen LogP contribution in [0.2, 0.25) is 0 Å². The third-order valence-corrected chi connectivity index (χ3v) is 1.23. The van der Waals surface area contributed by atoms with E-state index >= 15 is 0 Å². The Morgan fingerprint density at radius 2 is 1.44 bits per heavy atom. The summed E-state index contributed by atoms with van der Waals surface area (Å²) in [5.74, 6) is 0. The van der Waals surface area contributed by atoms with Crippen molar-refractivity contribution >= 4 is 6.09 Å². The van der Waals surface area contributed by atoms with Crippen molar-refractivity contribution in [2.75, 3.05) is 0 Å². The van der Waals surface area contributed by atoms with Crippen molar-refractivity contribution in [3.05, 3.63) is 0 Å². The lowest BCUT2D eigenvalue weighted by atomic mass is 10.3. The Bertz CT molecular complexity index is 232. The molecule has 0 atom stereocenters. The highest BCUT2D eigenvalue weighted by molar-refractivity contribution is 5.67. The number of amides is 1. The number of hydrogen-bond acceptors (Lipinski definition) is 2. The predicted molar refractivity (Wildman–Crippen MR) is 40.7 cm³/mol. The van der Waals surface area contributed by atoms with Crippen molar-refractivity contribution in [1.82, 2.24) is 5.32 Å². The van der Waals surface area contributed by atoms with Gasteiger partial charge in [0.25, 0.3) is 6.10 Å². The van der Waals surface area contributed by atoms with Gasteiger partial charge < -0.3 is 10.1 Å². The summed E-state index contributed by atoms with van der Waals surface area (Å²) in [6, 6.07) is -0.630. The minimum atomic E-state index is -5.69. The maximum Gasteiger partial charge on any atom is 0.434 e. The van der Waals surface area contributed by atoms with Gasteiger partial charge in [-0.2, -0.15) is 26.3 Å². The average molecular weight is 253 g/mol. The van der Waals surface area contributed by atoms with E-state index in [9.17, 15) is 31.1 Å². The van der Waals surface area contributed by atoms with Crippen molar-refractivity contribution in [3.63, 3.8) is 0 Å². The summed E-state index contributed by atoms with van der Waals surface area (Å²) < 4.78 is 74.6. The Labute approximate surface area is 86.7 Å². The van der Waals surface area contributed by atoms with Crippen LogP contribution in [-0.4, -0.2) is 30.6 Å². The Kier molecular flexibility index (Phi) is 4.45. The van der Waals surface area contributed by atoms with E-state index in [4.69, 9.17) is 0 Å². The summed E-state index contributed by atoms with van der Waals surface area (Å²) >= 11 is 0. The molecule has 1 amide bonds. The van der Waals surface area contributed by atoms with E-state index in [0.29, 0.717) is 0 Å². The van der Waals surface area contributed by atoms with Crippen molar-refractivity contribution in [2.45, 2.75) is 38.3 Å². The lowest BCUT2D eigenvalue weighted by Gasteiger charge is -2.23. The summed E-state index contributed by atoms with van der Waals surface area (Å²) in [5.41, 5.74) is 0. The van der Waals surface area contributed by atoms with Crippen molar-refractivity contribution in [1.29, 1.82) is 0 Å². The molecule has 1 N–H and O–H groups in total. The molecule has 0 saturated heterocycles. The van der Waals surface area contributed by atoms with Gasteiger partial charge in [-0.25, -0.2) is 4.79 Å². The molecule has 0 radical (unpaired) electrons. The standard InChI is InChI=1S/C7H9F6NO2/c1-3(2)14-5(15)16-4(6(8,9)10)7(11,12)13/h3-4H,1-2H3,(H,14,15). The first-order valence-corrected chi connectivity index (χ1v) is 4.05. The third kappa shape index (κ3) is 5.08. The molecule has 0 fully saturated rings. The maximum absolute atomic E-state index is 11.9. The van der Waals surface area contributed by atoms with E-state index in [1.165, 1.54) is 13.8 Å². The summed E-state index contributed by atoms with van der Waals surface area (Å²) in [6.07, 6.45) is -17.3.